The van der Waals surface area contributed by atoms with Gasteiger partial charge in [0.1, 0.15) is 0 Å². The van der Waals surface area contributed by atoms with Crippen LogP contribution >= 0.6 is 0 Å². The molecule has 1 aliphatic heterocycles. The number of piperazine rings is 1. The highest BCUT2D eigenvalue weighted by Crippen LogP contribution is 2.20. The number of hydrogen-bond donors (Lipinski definition) is 1. The van der Waals surface area contributed by atoms with Crippen LogP contribution in [0.1, 0.15) is 39.0 Å². The van der Waals surface area contributed by atoms with Crippen molar-refractivity contribution in [1.82, 2.24) is 14.8 Å². The van der Waals surface area contributed by atoms with Gasteiger partial charge < -0.3 is 5.11 Å². The second-order valence-corrected chi connectivity index (χ2v) is 7.15. The van der Waals surface area contributed by atoms with Crippen molar-refractivity contribution in [2.24, 2.45) is 0 Å². The maximum absolute atomic E-state index is 9.22. The Morgan fingerprint density at radius 1 is 1.19 bits per heavy atom. The quantitative estimate of drug-likeness (QED) is 0.919. The van der Waals surface area contributed by atoms with Crippen molar-refractivity contribution in [3.8, 4) is 0 Å². The molecular formula is C17H29N3O. The second-order valence-electron chi connectivity index (χ2n) is 7.15. The largest absolute Gasteiger partial charge is 0.395 e. The van der Waals surface area contributed by atoms with Gasteiger partial charge in [0.2, 0.25) is 0 Å². The molecule has 0 amide bonds. The maximum Gasteiger partial charge on any atom is 0.0584 e. The first-order chi connectivity index (χ1) is 9.90. The predicted octanol–water partition coefficient (Wildman–Crippen LogP) is 1.88. The van der Waals surface area contributed by atoms with E-state index < -0.39 is 0 Å². The molecule has 1 aromatic rings. The van der Waals surface area contributed by atoms with Gasteiger partial charge in [0.05, 0.1) is 6.61 Å². The highest BCUT2D eigenvalue weighted by atomic mass is 16.3. The number of nitrogens with zero attached hydrogens (tertiary/aromatic N) is 3. The Morgan fingerprint density at radius 3 is 2.33 bits per heavy atom. The van der Waals surface area contributed by atoms with Crippen LogP contribution in [0.25, 0.3) is 0 Å². The van der Waals surface area contributed by atoms with Gasteiger partial charge in [-0.1, -0.05) is 26.8 Å². The Balaban J connectivity index is 1.86. The molecule has 0 aromatic carbocycles. The average molecular weight is 291 g/mol. The highest BCUT2D eigenvalue weighted by Gasteiger charge is 2.21. The van der Waals surface area contributed by atoms with Gasteiger partial charge in [-0.3, -0.25) is 14.8 Å². The minimum Gasteiger partial charge on any atom is -0.395 e. The first-order valence-electron chi connectivity index (χ1n) is 7.93. The smallest absolute Gasteiger partial charge is 0.0584 e. The molecule has 1 N–H and O–H groups in total. The van der Waals surface area contributed by atoms with Crippen LogP contribution in [0.3, 0.4) is 0 Å². The molecule has 2 heterocycles. The fraction of sp³-hybridized carbons (Fsp3) is 0.706. The number of hydrogen-bond acceptors (Lipinski definition) is 4. The van der Waals surface area contributed by atoms with Gasteiger partial charge in [-0.05, 0) is 18.6 Å². The van der Waals surface area contributed by atoms with Crippen LogP contribution in [-0.4, -0.2) is 58.7 Å². The monoisotopic (exact) mass is 291 g/mol. The van der Waals surface area contributed by atoms with E-state index in [1.807, 2.05) is 6.20 Å². The molecule has 4 heteroatoms. The van der Waals surface area contributed by atoms with Crippen molar-refractivity contribution in [2.75, 3.05) is 32.8 Å². The molecule has 1 unspecified atom stereocenters. The molecule has 118 valence electrons. The molecule has 1 fully saturated rings. The summed E-state index contributed by atoms with van der Waals surface area (Å²) in [6.07, 6.45) is 2.02. The number of rotatable bonds is 4. The lowest BCUT2D eigenvalue weighted by Crippen LogP contribution is -2.50. The summed E-state index contributed by atoms with van der Waals surface area (Å²) in [5.41, 5.74) is 2.55. The number of pyridine rings is 1. The van der Waals surface area contributed by atoms with Gasteiger partial charge in [-0.15, -0.1) is 0 Å². The van der Waals surface area contributed by atoms with Crippen LogP contribution in [-0.2, 0) is 12.0 Å². The van der Waals surface area contributed by atoms with E-state index in [9.17, 15) is 5.11 Å². The lowest BCUT2D eigenvalue weighted by molar-refractivity contribution is 0.0702. The van der Waals surface area contributed by atoms with Crippen LogP contribution in [0.2, 0.25) is 0 Å². The molecular weight excluding hydrogens is 262 g/mol. The fourth-order valence-corrected chi connectivity index (χ4v) is 2.70. The Kier molecular flexibility index (Phi) is 5.36. The molecule has 0 radical (unpaired) electrons. The van der Waals surface area contributed by atoms with Crippen molar-refractivity contribution < 1.29 is 5.11 Å². The average Bonchev–Trinajstić information content (AvgIpc) is 2.47. The zero-order valence-electron chi connectivity index (χ0n) is 13.8. The summed E-state index contributed by atoms with van der Waals surface area (Å²) in [5, 5.41) is 9.22. The van der Waals surface area contributed by atoms with E-state index in [1.54, 1.807) is 0 Å². The van der Waals surface area contributed by atoms with Gasteiger partial charge in [0, 0.05) is 56.1 Å². The van der Waals surface area contributed by atoms with E-state index in [4.69, 9.17) is 0 Å². The third-order valence-electron chi connectivity index (χ3n) is 4.29. The van der Waals surface area contributed by atoms with Gasteiger partial charge in [-0.2, -0.15) is 0 Å². The van der Waals surface area contributed by atoms with Crippen molar-refractivity contribution in [1.29, 1.82) is 0 Å². The molecule has 4 nitrogen and oxygen atoms in total. The first kappa shape index (κ1) is 16.4. The molecule has 1 atom stereocenters. The van der Waals surface area contributed by atoms with Crippen LogP contribution in [0.5, 0.6) is 0 Å². The van der Waals surface area contributed by atoms with Crippen molar-refractivity contribution >= 4 is 0 Å². The summed E-state index contributed by atoms with van der Waals surface area (Å²) in [6, 6.07) is 4.63. The summed E-state index contributed by atoms with van der Waals surface area (Å²) in [7, 11) is 0. The minimum absolute atomic E-state index is 0.116. The molecule has 1 aromatic heterocycles. The van der Waals surface area contributed by atoms with E-state index >= 15 is 0 Å². The Hall–Kier alpha value is -0.970. The van der Waals surface area contributed by atoms with Gasteiger partial charge >= 0.3 is 0 Å². The van der Waals surface area contributed by atoms with Crippen LogP contribution in [0.15, 0.2) is 18.3 Å². The Labute approximate surface area is 128 Å². The predicted molar refractivity (Wildman–Crippen MR) is 86.3 cm³/mol. The molecule has 0 aliphatic carbocycles. The summed E-state index contributed by atoms with van der Waals surface area (Å²) < 4.78 is 0. The zero-order chi connectivity index (χ0) is 15.5. The standard InChI is InChI=1S/C17H29N3O/c1-14(13-21)20-9-7-19(8-10-20)12-15-5-6-16(18-11-15)17(2,3)4/h5-6,11,14,21H,7-10,12-13H2,1-4H3. The topological polar surface area (TPSA) is 39.6 Å². The molecule has 0 spiro atoms. The van der Waals surface area contributed by atoms with Gasteiger partial charge in [-0.25, -0.2) is 0 Å². The SMILES string of the molecule is CC(CO)N1CCN(Cc2ccc(C(C)(C)C)nc2)CC1. The minimum atomic E-state index is 0.116. The third kappa shape index (κ3) is 4.50. The van der Waals surface area contributed by atoms with Crippen molar-refractivity contribution in [3.63, 3.8) is 0 Å². The molecule has 2 rings (SSSR count). The van der Waals surface area contributed by atoms with Crippen molar-refractivity contribution in [3.05, 3.63) is 29.6 Å². The summed E-state index contributed by atoms with van der Waals surface area (Å²) in [6.45, 7) is 14.1. The van der Waals surface area contributed by atoms with E-state index in [0.29, 0.717) is 0 Å². The second kappa shape index (κ2) is 6.86. The number of aromatic nitrogens is 1. The normalized spacial score (nSPS) is 19.7. The fourth-order valence-electron chi connectivity index (χ4n) is 2.70. The summed E-state index contributed by atoms with van der Waals surface area (Å²) >= 11 is 0. The summed E-state index contributed by atoms with van der Waals surface area (Å²) in [5.74, 6) is 0. The zero-order valence-corrected chi connectivity index (χ0v) is 13.8. The number of aliphatic hydroxyl groups excluding tert-OH is 1. The molecule has 21 heavy (non-hydrogen) atoms. The Morgan fingerprint density at radius 2 is 1.86 bits per heavy atom. The van der Waals surface area contributed by atoms with Gasteiger partial charge in [0.25, 0.3) is 0 Å². The lowest BCUT2D eigenvalue weighted by atomic mass is 9.91. The first-order valence-corrected chi connectivity index (χ1v) is 7.93. The Bertz CT molecular complexity index is 430. The van der Waals surface area contributed by atoms with E-state index in [2.05, 4.69) is 54.6 Å². The lowest BCUT2D eigenvalue weighted by Gasteiger charge is -2.37. The van der Waals surface area contributed by atoms with Gasteiger partial charge in [0.15, 0.2) is 0 Å². The molecule has 0 saturated carbocycles. The van der Waals surface area contributed by atoms with E-state index in [0.717, 1.165) is 38.4 Å². The summed E-state index contributed by atoms with van der Waals surface area (Å²) in [4.78, 5) is 9.43. The molecule has 0 bridgehead atoms. The molecule has 1 saturated heterocycles. The highest BCUT2D eigenvalue weighted by molar-refractivity contribution is 5.19. The van der Waals surface area contributed by atoms with Crippen LogP contribution < -0.4 is 0 Å². The molecule has 1 aliphatic rings. The van der Waals surface area contributed by atoms with Crippen LogP contribution in [0.4, 0.5) is 0 Å². The third-order valence-corrected chi connectivity index (χ3v) is 4.29. The van der Waals surface area contributed by atoms with E-state index in [1.165, 1.54) is 5.56 Å². The van der Waals surface area contributed by atoms with Crippen LogP contribution in [0, 0.1) is 0 Å². The van der Waals surface area contributed by atoms with Crippen molar-refractivity contribution in [2.45, 2.75) is 45.7 Å². The number of aliphatic hydroxyl groups is 1. The maximum atomic E-state index is 9.22. The van der Waals surface area contributed by atoms with E-state index in [-0.39, 0.29) is 18.1 Å².